The van der Waals surface area contributed by atoms with Gasteiger partial charge in [-0.2, -0.15) is 0 Å². The summed E-state index contributed by atoms with van der Waals surface area (Å²) in [6.07, 6.45) is 3.17. The lowest BCUT2D eigenvalue weighted by molar-refractivity contribution is 0.145. The van der Waals surface area contributed by atoms with Crippen LogP contribution in [0.4, 0.5) is 0 Å². The Balaban J connectivity index is 2.52. The van der Waals surface area contributed by atoms with Crippen LogP contribution >= 0.6 is 0 Å². The van der Waals surface area contributed by atoms with E-state index in [4.69, 9.17) is 5.11 Å². The molecule has 0 bridgehead atoms. The number of hydrogen-bond donors (Lipinski definition) is 1. The van der Waals surface area contributed by atoms with E-state index in [-0.39, 0.29) is 12.1 Å². The third-order valence-corrected chi connectivity index (χ3v) is 2.45. The maximum absolute atomic E-state index is 8.89. The number of aliphatic hydroxyl groups is 1. The Morgan fingerprint density at radius 3 is 2.50 bits per heavy atom. The van der Waals surface area contributed by atoms with Crippen molar-refractivity contribution < 1.29 is 5.11 Å². The smallest absolute Gasteiger partial charge is 0.0642 e. The molecule has 0 atom stereocenters. The summed E-state index contributed by atoms with van der Waals surface area (Å²) in [5.41, 5.74) is 1.45. The lowest BCUT2D eigenvalue weighted by Crippen LogP contribution is -2.43. The normalized spacial score (nSPS) is 20.8. The van der Waals surface area contributed by atoms with E-state index < -0.39 is 0 Å². The van der Waals surface area contributed by atoms with E-state index in [2.05, 4.69) is 31.7 Å². The minimum Gasteiger partial charge on any atom is -0.392 e. The molecule has 0 amide bonds. The Labute approximate surface area is 74.9 Å². The number of nitrogens with zero attached hydrogens (tertiary/aromatic N) is 1. The van der Waals surface area contributed by atoms with Crippen molar-refractivity contribution in [1.82, 2.24) is 4.90 Å². The quantitative estimate of drug-likeness (QED) is 0.600. The van der Waals surface area contributed by atoms with Crippen molar-refractivity contribution in [3.8, 4) is 0 Å². The van der Waals surface area contributed by atoms with Gasteiger partial charge in [0.2, 0.25) is 0 Å². The van der Waals surface area contributed by atoms with Crippen LogP contribution in [0, 0.1) is 0 Å². The van der Waals surface area contributed by atoms with E-state index in [0.29, 0.717) is 0 Å². The van der Waals surface area contributed by atoms with Crippen LogP contribution in [-0.4, -0.2) is 35.2 Å². The van der Waals surface area contributed by atoms with E-state index in [1.54, 1.807) is 0 Å². The van der Waals surface area contributed by atoms with E-state index in [9.17, 15) is 0 Å². The third-order valence-electron chi connectivity index (χ3n) is 2.45. The van der Waals surface area contributed by atoms with Gasteiger partial charge in [0, 0.05) is 18.6 Å². The van der Waals surface area contributed by atoms with Crippen LogP contribution in [0.15, 0.2) is 11.6 Å². The van der Waals surface area contributed by atoms with Gasteiger partial charge in [-0.1, -0.05) is 6.08 Å². The molecule has 12 heavy (non-hydrogen) atoms. The molecule has 1 aliphatic rings. The average molecular weight is 169 g/mol. The van der Waals surface area contributed by atoms with Gasteiger partial charge in [-0.15, -0.1) is 0 Å². The Morgan fingerprint density at radius 2 is 2.17 bits per heavy atom. The highest BCUT2D eigenvalue weighted by Crippen LogP contribution is 2.19. The summed E-state index contributed by atoms with van der Waals surface area (Å²) in [5, 5.41) is 8.89. The fourth-order valence-corrected chi connectivity index (χ4v) is 1.46. The zero-order chi connectivity index (χ0) is 9.19. The summed E-state index contributed by atoms with van der Waals surface area (Å²) >= 11 is 0. The molecule has 0 unspecified atom stereocenters. The van der Waals surface area contributed by atoms with Gasteiger partial charge in [-0.05, 0) is 32.8 Å². The van der Waals surface area contributed by atoms with Gasteiger partial charge in [-0.25, -0.2) is 0 Å². The van der Waals surface area contributed by atoms with Gasteiger partial charge >= 0.3 is 0 Å². The van der Waals surface area contributed by atoms with Crippen molar-refractivity contribution in [2.45, 2.75) is 32.7 Å². The molecule has 1 N–H and O–H groups in total. The van der Waals surface area contributed by atoms with Crippen LogP contribution in [0.5, 0.6) is 0 Å². The van der Waals surface area contributed by atoms with Crippen molar-refractivity contribution in [1.29, 1.82) is 0 Å². The highest BCUT2D eigenvalue weighted by atomic mass is 16.3. The first-order valence-corrected chi connectivity index (χ1v) is 4.58. The lowest BCUT2D eigenvalue weighted by Gasteiger charge is -2.37. The molecule has 0 saturated heterocycles. The Morgan fingerprint density at radius 1 is 1.50 bits per heavy atom. The Bertz CT molecular complexity index is 179. The van der Waals surface area contributed by atoms with E-state index in [0.717, 1.165) is 19.5 Å². The molecule has 2 heteroatoms. The number of aliphatic hydroxyl groups excluding tert-OH is 1. The number of hydrogen-bond acceptors (Lipinski definition) is 2. The first-order valence-electron chi connectivity index (χ1n) is 4.58. The zero-order valence-corrected chi connectivity index (χ0v) is 8.30. The molecule has 0 saturated carbocycles. The van der Waals surface area contributed by atoms with Crippen molar-refractivity contribution in [2.75, 3.05) is 19.7 Å². The number of rotatable bonds is 1. The summed E-state index contributed by atoms with van der Waals surface area (Å²) in [6.45, 7) is 8.98. The van der Waals surface area contributed by atoms with Crippen LogP contribution in [0.2, 0.25) is 0 Å². The van der Waals surface area contributed by atoms with E-state index >= 15 is 0 Å². The predicted octanol–water partition coefficient (Wildman–Crippen LogP) is 1.41. The molecule has 70 valence electrons. The van der Waals surface area contributed by atoms with Gasteiger partial charge in [-0.3, -0.25) is 4.90 Å². The maximum Gasteiger partial charge on any atom is 0.0642 e. The lowest BCUT2D eigenvalue weighted by atomic mass is 10.0. The fraction of sp³-hybridized carbons (Fsp3) is 0.800. The molecule has 2 nitrogen and oxygen atoms in total. The Hall–Kier alpha value is -0.340. The van der Waals surface area contributed by atoms with Crippen LogP contribution in [0.3, 0.4) is 0 Å². The molecule has 0 radical (unpaired) electrons. The van der Waals surface area contributed by atoms with Crippen molar-refractivity contribution in [3.63, 3.8) is 0 Å². The van der Waals surface area contributed by atoms with Crippen LogP contribution < -0.4 is 0 Å². The molecule has 0 spiro atoms. The van der Waals surface area contributed by atoms with Gasteiger partial charge in [0.05, 0.1) is 6.61 Å². The highest BCUT2D eigenvalue weighted by Gasteiger charge is 2.22. The van der Waals surface area contributed by atoms with Crippen molar-refractivity contribution in [2.24, 2.45) is 0 Å². The zero-order valence-electron chi connectivity index (χ0n) is 8.30. The topological polar surface area (TPSA) is 23.5 Å². The molecule has 0 fully saturated rings. The molecular weight excluding hydrogens is 150 g/mol. The monoisotopic (exact) mass is 169 g/mol. The van der Waals surface area contributed by atoms with E-state index in [1.165, 1.54) is 5.57 Å². The van der Waals surface area contributed by atoms with E-state index in [1.807, 2.05) is 0 Å². The third kappa shape index (κ3) is 2.32. The summed E-state index contributed by atoms with van der Waals surface area (Å²) < 4.78 is 0. The fourth-order valence-electron chi connectivity index (χ4n) is 1.46. The summed E-state index contributed by atoms with van der Waals surface area (Å²) in [6, 6.07) is 0. The first kappa shape index (κ1) is 9.75. The second-order valence-electron chi connectivity index (χ2n) is 4.39. The van der Waals surface area contributed by atoms with Gasteiger partial charge in [0.15, 0.2) is 0 Å². The SMILES string of the molecule is CC(C)(C)N1CC=C(CO)CC1. The first-order chi connectivity index (χ1) is 5.54. The second-order valence-corrected chi connectivity index (χ2v) is 4.39. The maximum atomic E-state index is 8.89. The standard InChI is InChI=1S/C10H19NO/c1-10(2,3)11-6-4-9(8-12)5-7-11/h4,12H,5-8H2,1-3H3. The van der Waals surface area contributed by atoms with Gasteiger partial charge in [0.25, 0.3) is 0 Å². The minimum atomic E-state index is 0.234. The molecule has 0 aromatic heterocycles. The largest absolute Gasteiger partial charge is 0.392 e. The molecule has 0 aromatic rings. The molecule has 0 aliphatic carbocycles. The molecular formula is C10H19NO. The highest BCUT2D eigenvalue weighted by molar-refractivity contribution is 5.08. The summed E-state index contributed by atoms with van der Waals surface area (Å²) in [5.74, 6) is 0. The van der Waals surface area contributed by atoms with Crippen LogP contribution in [0.25, 0.3) is 0 Å². The molecule has 1 aliphatic heterocycles. The minimum absolute atomic E-state index is 0.234. The van der Waals surface area contributed by atoms with Gasteiger partial charge in [0.1, 0.15) is 0 Å². The summed E-state index contributed by atoms with van der Waals surface area (Å²) in [4.78, 5) is 2.42. The van der Waals surface area contributed by atoms with Crippen molar-refractivity contribution >= 4 is 0 Å². The van der Waals surface area contributed by atoms with Crippen molar-refractivity contribution in [3.05, 3.63) is 11.6 Å². The predicted molar refractivity (Wildman–Crippen MR) is 51.1 cm³/mol. The second kappa shape index (κ2) is 3.58. The van der Waals surface area contributed by atoms with Crippen LogP contribution in [0.1, 0.15) is 27.2 Å². The average Bonchev–Trinajstić information content (AvgIpc) is 2.03. The van der Waals surface area contributed by atoms with Crippen LogP contribution in [-0.2, 0) is 0 Å². The summed E-state index contributed by atoms with van der Waals surface area (Å²) in [7, 11) is 0. The Kier molecular flexibility index (Phi) is 2.91. The molecule has 1 rings (SSSR count). The molecule has 0 aromatic carbocycles. The van der Waals surface area contributed by atoms with Gasteiger partial charge < -0.3 is 5.11 Å². The molecule has 1 heterocycles.